The Hall–Kier alpha value is -3.27. The molecular weight excluding hydrogens is 695 g/mol. The molecule has 2 aromatic rings. The lowest BCUT2D eigenvalue weighted by molar-refractivity contribution is 0.291. The van der Waals surface area contributed by atoms with Crippen molar-refractivity contribution in [3.05, 3.63) is 47.5 Å². The molecule has 2 atom stereocenters. The molecule has 7 nitrogen and oxygen atoms in total. The van der Waals surface area contributed by atoms with E-state index >= 15 is 0 Å². The molecule has 0 saturated heterocycles. The first-order valence-corrected chi connectivity index (χ1v) is 23.0. The molecule has 0 aliphatic carbocycles. The minimum atomic E-state index is -0.629. The summed E-state index contributed by atoms with van der Waals surface area (Å²) in [6, 6.07) is 15.6. The van der Waals surface area contributed by atoms with Gasteiger partial charge in [-0.05, 0) is 99.6 Å². The molecule has 0 spiro atoms. The molecule has 0 saturated carbocycles. The molecule has 56 heavy (non-hydrogen) atoms. The maximum atomic E-state index is 11.1. The fraction of sp³-hybridized carbons (Fsp3) is 0.735. The first-order chi connectivity index (χ1) is 27.5. The number of azo groups is 1. The average Bonchev–Trinajstić information content (AvgIpc) is 3.20. The van der Waals surface area contributed by atoms with Gasteiger partial charge in [0.15, 0.2) is 0 Å². The van der Waals surface area contributed by atoms with Crippen LogP contribution in [-0.4, -0.2) is 39.5 Å². The van der Waals surface area contributed by atoms with Gasteiger partial charge in [0.25, 0.3) is 0 Å². The van der Waals surface area contributed by atoms with Gasteiger partial charge in [0.1, 0.15) is 23.0 Å². The minimum absolute atomic E-state index is 0.0690. The Balaban J connectivity index is 2.24. The predicted molar refractivity (Wildman–Crippen MR) is 235 cm³/mol. The smallest absolute Gasteiger partial charge is 0.123 e. The second-order valence-electron chi connectivity index (χ2n) is 15.8. The van der Waals surface area contributed by atoms with Gasteiger partial charge in [-0.3, -0.25) is 0 Å². The molecule has 2 rings (SSSR count). The summed E-state index contributed by atoms with van der Waals surface area (Å²) in [7, 11) is 1.77. The molecule has 316 valence electrons. The third kappa shape index (κ3) is 20.8. The van der Waals surface area contributed by atoms with E-state index in [0.717, 1.165) is 131 Å². The Morgan fingerprint density at radius 2 is 0.929 bits per heavy atom. The number of aryl methyl sites for hydroxylation is 1. The van der Waals surface area contributed by atoms with E-state index in [0.29, 0.717) is 26.4 Å². The standard InChI is InChI=1S/C49H81N3O4/c1-7-12-17-18-19-20-21-22-23-24-29-49(41-50,43-37-47(55-33-15-10-4)40-48(38-43)56-34-16-11-5)30-25-26-44(52-51-6)28-27-42-35-45(53-31-13-8-2)39-46(36-42)54-32-14-9-3/h35-40,44H,7-34H2,1-6H3. The Kier molecular flexibility index (Phi) is 27.7. The topological polar surface area (TPSA) is 85.4 Å². The maximum Gasteiger partial charge on any atom is 0.123 e. The highest BCUT2D eigenvalue weighted by Crippen LogP contribution is 2.40. The van der Waals surface area contributed by atoms with Gasteiger partial charge < -0.3 is 18.9 Å². The molecule has 0 bridgehead atoms. The molecule has 0 heterocycles. The second-order valence-corrected chi connectivity index (χ2v) is 15.8. The molecule has 0 N–H and O–H groups in total. The number of ether oxygens (including phenoxy) is 4. The molecule has 2 aromatic carbocycles. The van der Waals surface area contributed by atoms with Gasteiger partial charge in [-0.2, -0.15) is 15.5 Å². The van der Waals surface area contributed by atoms with E-state index in [1.807, 2.05) is 12.1 Å². The minimum Gasteiger partial charge on any atom is -0.493 e. The van der Waals surface area contributed by atoms with Crippen LogP contribution < -0.4 is 18.9 Å². The number of hydrogen-bond donors (Lipinski definition) is 0. The number of nitrogens with zero attached hydrogens (tertiary/aromatic N) is 3. The van der Waals surface area contributed by atoms with Crippen LogP contribution in [0.4, 0.5) is 0 Å². The van der Waals surface area contributed by atoms with Crippen molar-refractivity contribution in [3.63, 3.8) is 0 Å². The van der Waals surface area contributed by atoms with Gasteiger partial charge in [-0.25, -0.2) is 0 Å². The van der Waals surface area contributed by atoms with Gasteiger partial charge in [0.05, 0.1) is 44.0 Å². The van der Waals surface area contributed by atoms with Crippen molar-refractivity contribution in [2.45, 2.75) is 200 Å². The predicted octanol–water partition coefficient (Wildman–Crippen LogP) is 14.7. The number of unbranched alkanes of at least 4 members (excludes halogenated alkanes) is 13. The van der Waals surface area contributed by atoms with Gasteiger partial charge in [0.2, 0.25) is 0 Å². The normalized spacial score (nSPS) is 13.0. The van der Waals surface area contributed by atoms with Crippen molar-refractivity contribution < 1.29 is 18.9 Å². The summed E-state index contributed by atoms with van der Waals surface area (Å²) in [4.78, 5) is 0. The first-order valence-electron chi connectivity index (χ1n) is 23.0. The Morgan fingerprint density at radius 3 is 1.36 bits per heavy atom. The summed E-state index contributed by atoms with van der Waals surface area (Å²) < 4.78 is 24.8. The average molecular weight is 776 g/mol. The molecule has 7 heteroatoms. The van der Waals surface area contributed by atoms with Crippen LogP contribution in [0.3, 0.4) is 0 Å². The lowest BCUT2D eigenvalue weighted by Crippen LogP contribution is -2.25. The van der Waals surface area contributed by atoms with E-state index in [9.17, 15) is 5.26 Å². The molecule has 0 fully saturated rings. The van der Waals surface area contributed by atoms with Crippen LogP contribution in [0.1, 0.15) is 193 Å². The molecule has 0 aromatic heterocycles. The van der Waals surface area contributed by atoms with Crippen LogP contribution in [-0.2, 0) is 11.8 Å². The van der Waals surface area contributed by atoms with Crippen LogP contribution in [0, 0.1) is 11.3 Å². The highest BCUT2D eigenvalue weighted by molar-refractivity contribution is 5.45. The highest BCUT2D eigenvalue weighted by atomic mass is 16.5. The van der Waals surface area contributed by atoms with E-state index < -0.39 is 5.41 Å². The van der Waals surface area contributed by atoms with E-state index in [1.54, 1.807) is 7.05 Å². The summed E-state index contributed by atoms with van der Waals surface area (Å²) in [6.45, 7) is 13.7. The summed E-state index contributed by atoms with van der Waals surface area (Å²) in [5.41, 5.74) is 1.60. The monoisotopic (exact) mass is 776 g/mol. The van der Waals surface area contributed by atoms with Crippen molar-refractivity contribution in [3.8, 4) is 29.1 Å². The number of rotatable bonds is 36. The van der Waals surface area contributed by atoms with Crippen LogP contribution in [0.5, 0.6) is 23.0 Å². The first kappa shape index (κ1) is 48.9. The number of hydrogen-bond acceptors (Lipinski definition) is 7. The van der Waals surface area contributed by atoms with Gasteiger partial charge in [-0.15, -0.1) is 0 Å². The van der Waals surface area contributed by atoms with Crippen LogP contribution in [0.25, 0.3) is 0 Å². The molecule has 0 aliphatic heterocycles. The van der Waals surface area contributed by atoms with Crippen molar-refractivity contribution >= 4 is 0 Å². The second kappa shape index (κ2) is 31.8. The summed E-state index contributed by atoms with van der Waals surface area (Å²) in [6.07, 6.45) is 26.2. The van der Waals surface area contributed by atoms with E-state index in [1.165, 1.54) is 56.9 Å². The molecule has 0 amide bonds. The lowest BCUT2D eigenvalue weighted by atomic mass is 9.73. The summed E-state index contributed by atoms with van der Waals surface area (Å²) in [5, 5.41) is 20.1. The molecule has 0 aliphatic rings. The molecular formula is C49H81N3O4. The Labute approximate surface area is 343 Å². The van der Waals surface area contributed by atoms with Crippen LogP contribution in [0.2, 0.25) is 0 Å². The van der Waals surface area contributed by atoms with Crippen LogP contribution in [0.15, 0.2) is 46.6 Å². The maximum absolute atomic E-state index is 11.1. The van der Waals surface area contributed by atoms with E-state index in [-0.39, 0.29) is 6.04 Å². The number of benzene rings is 2. The van der Waals surface area contributed by atoms with Crippen molar-refractivity contribution in [1.29, 1.82) is 5.26 Å². The summed E-state index contributed by atoms with van der Waals surface area (Å²) in [5.74, 6) is 3.37. The largest absolute Gasteiger partial charge is 0.493 e. The fourth-order valence-electron chi connectivity index (χ4n) is 7.19. The highest BCUT2D eigenvalue weighted by Gasteiger charge is 2.33. The molecule has 0 radical (unpaired) electrons. The van der Waals surface area contributed by atoms with E-state index in [2.05, 4.69) is 70.1 Å². The van der Waals surface area contributed by atoms with Crippen molar-refractivity contribution in [1.82, 2.24) is 0 Å². The van der Waals surface area contributed by atoms with Crippen molar-refractivity contribution in [2.75, 3.05) is 33.5 Å². The van der Waals surface area contributed by atoms with E-state index in [4.69, 9.17) is 24.1 Å². The zero-order chi connectivity index (χ0) is 40.5. The fourth-order valence-corrected chi connectivity index (χ4v) is 7.19. The zero-order valence-corrected chi connectivity index (χ0v) is 36.8. The SMILES string of the molecule is CCCCCCCCCCCCC(C#N)(CCCC(CCc1cc(OCCCC)cc(OCCCC)c1)N=NC)c1cc(OCCCC)cc(OCCCC)c1. The number of nitriles is 1. The van der Waals surface area contributed by atoms with Crippen molar-refractivity contribution in [2.24, 2.45) is 10.2 Å². The third-order valence-electron chi connectivity index (χ3n) is 10.8. The summed E-state index contributed by atoms with van der Waals surface area (Å²) >= 11 is 0. The quantitative estimate of drug-likeness (QED) is 0.0508. The van der Waals surface area contributed by atoms with Gasteiger partial charge in [-0.1, -0.05) is 125 Å². The lowest BCUT2D eigenvalue weighted by Gasteiger charge is -2.29. The Morgan fingerprint density at radius 1 is 0.518 bits per heavy atom. The molecule has 2 unspecified atom stereocenters. The van der Waals surface area contributed by atoms with Crippen LogP contribution >= 0.6 is 0 Å². The third-order valence-corrected chi connectivity index (χ3v) is 10.8. The van der Waals surface area contributed by atoms with Gasteiger partial charge >= 0.3 is 0 Å². The Bertz CT molecular complexity index is 1280. The zero-order valence-electron chi connectivity index (χ0n) is 36.8. The van der Waals surface area contributed by atoms with Gasteiger partial charge in [0, 0.05) is 19.2 Å².